The summed E-state index contributed by atoms with van der Waals surface area (Å²) in [6, 6.07) is 3.44. The summed E-state index contributed by atoms with van der Waals surface area (Å²) >= 11 is 1.42. The van der Waals surface area contributed by atoms with Gasteiger partial charge < -0.3 is 10.5 Å². The molecule has 0 atom stereocenters. The first-order valence-corrected chi connectivity index (χ1v) is 7.14. The zero-order chi connectivity index (χ0) is 14.5. The van der Waals surface area contributed by atoms with E-state index in [0.29, 0.717) is 10.8 Å². The van der Waals surface area contributed by atoms with E-state index in [4.69, 9.17) is 10.5 Å². The zero-order valence-electron chi connectivity index (χ0n) is 11.2. The topological polar surface area (TPSA) is 95.9 Å². The van der Waals surface area contributed by atoms with Crippen LogP contribution in [-0.4, -0.2) is 38.3 Å². The highest BCUT2D eigenvalue weighted by molar-refractivity contribution is 7.99. The highest BCUT2D eigenvalue weighted by atomic mass is 32.2. The lowest BCUT2D eigenvalue weighted by Crippen LogP contribution is -2.10. The summed E-state index contributed by atoms with van der Waals surface area (Å²) < 4.78 is 6.42. The lowest BCUT2D eigenvalue weighted by Gasteiger charge is -2.03. The normalized spacial score (nSPS) is 10.5. The monoisotopic (exact) mass is 293 g/mol. The molecule has 2 N–H and O–H groups in total. The van der Waals surface area contributed by atoms with Crippen molar-refractivity contribution in [2.45, 2.75) is 18.9 Å². The number of ether oxygens (including phenoxy) is 1. The van der Waals surface area contributed by atoms with Crippen LogP contribution in [-0.2, 0) is 4.74 Å². The molecule has 0 spiro atoms. The number of nitrogens with two attached hydrogens (primary N) is 1. The van der Waals surface area contributed by atoms with Gasteiger partial charge in [-0.25, -0.2) is 4.79 Å². The molecule has 0 aliphatic rings. The molecule has 2 rings (SSSR count). The predicted molar refractivity (Wildman–Crippen MR) is 75.9 cm³/mol. The smallest absolute Gasteiger partial charge is 0.344 e. The lowest BCUT2D eigenvalue weighted by atomic mass is 10.3. The van der Waals surface area contributed by atoms with Crippen LogP contribution in [0, 0.1) is 0 Å². The fourth-order valence-corrected chi connectivity index (χ4v) is 2.37. The SMILES string of the molecule is CCOC(=O)c1c(SCC)nn(-c2cccnn2)c1N. The van der Waals surface area contributed by atoms with Gasteiger partial charge in [0.25, 0.3) is 0 Å². The molecule has 2 aromatic rings. The van der Waals surface area contributed by atoms with Crippen molar-refractivity contribution < 1.29 is 9.53 Å². The number of thioether (sulfide) groups is 1. The quantitative estimate of drug-likeness (QED) is 0.659. The molecule has 106 valence electrons. The van der Waals surface area contributed by atoms with E-state index in [1.165, 1.54) is 16.4 Å². The molecule has 0 aliphatic heterocycles. The molecule has 2 aromatic heterocycles. The van der Waals surface area contributed by atoms with Crippen molar-refractivity contribution in [1.29, 1.82) is 0 Å². The van der Waals surface area contributed by atoms with Crippen LogP contribution in [0.15, 0.2) is 23.4 Å². The second kappa shape index (κ2) is 6.38. The van der Waals surface area contributed by atoms with Gasteiger partial charge in [0.2, 0.25) is 0 Å². The third-order valence-electron chi connectivity index (χ3n) is 2.42. The van der Waals surface area contributed by atoms with E-state index in [-0.39, 0.29) is 18.0 Å². The number of esters is 1. The van der Waals surface area contributed by atoms with Crippen molar-refractivity contribution in [3.8, 4) is 5.82 Å². The number of carbonyl (C=O) groups is 1. The van der Waals surface area contributed by atoms with E-state index in [9.17, 15) is 4.79 Å². The van der Waals surface area contributed by atoms with E-state index < -0.39 is 5.97 Å². The minimum absolute atomic E-state index is 0.208. The van der Waals surface area contributed by atoms with Gasteiger partial charge in [-0.2, -0.15) is 14.9 Å². The van der Waals surface area contributed by atoms with Crippen LogP contribution < -0.4 is 5.73 Å². The molecular formula is C12H15N5O2S. The molecule has 0 aliphatic carbocycles. The van der Waals surface area contributed by atoms with Crippen molar-refractivity contribution in [2.24, 2.45) is 0 Å². The van der Waals surface area contributed by atoms with Crippen molar-refractivity contribution in [1.82, 2.24) is 20.0 Å². The third-order valence-corrected chi connectivity index (χ3v) is 3.27. The van der Waals surface area contributed by atoms with Gasteiger partial charge >= 0.3 is 5.97 Å². The molecule has 0 bridgehead atoms. The van der Waals surface area contributed by atoms with Gasteiger partial charge in [-0.15, -0.1) is 16.9 Å². The number of hydrogen-bond donors (Lipinski definition) is 1. The molecule has 0 fully saturated rings. The van der Waals surface area contributed by atoms with E-state index in [2.05, 4.69) is 15.3 Å². The molecule has 0 saturated carbocycles. The van der Waals surface area contributed by atoms with E-state index in [0.717, 1.165) is 5.75 Å². The fourth-order valence-electron chi connectivity index (χ4n) is 1.62. The molecule has 0 aromatic carbocycles. The maximum Gasteiger partial charge on any atom is 0.344 e. The Morgan fingerprint density at radius 2 is 2.30 bits per heavy atom. The van der Waals surface area contributed by atoms with Gasteiger partial charge in [0.1, 0.15) is 16.4 Å². The highest BCUT2D eigenvalue weighted by Gasteiger charge is 2.24. The summed E-state index contributed by atoms with van der Waals surface area (Å²) in [6.45, 7) is 4.00. The number of aromatic nitrogens is 4. The number of nitrogens with zero attached hydrogens (tertiary/aromatic N) is 4. The van der Waals surface area contributed by atoms with Gasteiger partial charge in [-0.1, -0.05) is 6.92 Å². The van der Waals surface area contributed by atoms with Gasteiger partial charge in [0.05, 0.1) is 6.61 Å². The Labute approximate surface area is 120 Å². The van der Waals surface area contributed by atoms with Crippen LogP contribution in [0.5, 0.6) is 0 Å². The molecule has 0 unspecified atom stereocenters. The fraction of sp³-hybridized carbons (Fsp3) is 0.333. The molecule has 0 radical (unpaired) electrons. The first-order chi connectivity index (χ1) is 9.69. The largest absolute Gasteiger partial charge is 0.462 e. The van der Waals surface area contributed by atoms with Crippen molar-refractivity contribution in [3.05, 3.63) is 23.9 Å². The molecule has 0 saturated heterocycles. The van der Waals surface area contributed by atoms with Gasteiger partial charge in [0.15, 0.2) is 5.82 Å². The second-order valence-electron chi connectivity index (χ2n) is 3.71. The Morgan fingerprint density at radius 3 is 2.90 bits per heavy atom. The number of carbonyl (C=O) groups excluding carboxylic acids is 1. The average Bonchev–Trinajstić information content (AvgIpc) is 2.77. The molecule has 7 nitrogen and oxygen atoms in total. The van der Waals surface area contributed by atoms with Crippen LogP contribution in [0.3, 0.4) is 0 Å². The van der Waals surface area contributed by atoms with Crippen LogP contribution in [0.4, 0.5) is 5.82 Å². The van der Waals surface area contributed by atoms with Crippen LogP contribution in [0.25, 0.3) is 5.82 Å². The summed E-state index contributed by atoms with van der Waals surface area (Å²) in [5.41, 5.74) is 6.30. The number of nitrogen functional groups attached to an aromatic ring is 1. The van der Waals surface area contributed by atoms with Gasteiger partial charge in [0, 0.05) is 6.20 Å². The molecule has 0 amide bonds. The maximum absolute atomic E-state index is 12.0. The Morgan fingerprint density at radius 1 is 1.50 bits per heavy atom. The van der Waals surface area contributed by atoms with Gasteiger partial charge in [-0.05, 0) is 24.8 Å². The second-order valence-corrected chi connectivity index (χ2v) is 4.97. The molecule has 20 heavy (non-hydrogen) atoms. The first-order valence-electron chi connectivity index (χ1n) is 6.15. The van der Waals surface area contributed by atoms with E-state index in [1.807, 2.05) is 6.92 Å². The van der Waals surface area contributed by atoms with Crippen LogP contribution in [0.2, 0.25) is 0 Å². The first kappa shape index (κ1) is 14.3. The van der Waals surface area contributed by atoms with E-state index in [1.54, 1.807) is 25.3 Å². The van der Waals surface area contributed by atoms with Crippen LogP contribution >= 0.6 is 11.8 Å². The summed E-state index contributed by atoms with van der Waals surface area (Å²) in [6.07, 6.45) is 1.55. The van der Waals surface area contributed by atoms with Crippen molar-refractivity contribution in [2.75, 3.05) is 18.1 Å². The summed E-state index contributed by atoms with van der Waals surface area (Å²) in [5.74, 6) is 0.957. The number of rotatable bonds is 5. The molecule has 2 heterocycles. The summed E-state index contributed by atoms with van der Waals surface area (Å²) in [4.78, 5) is 12.0. The summed E-state index contributed by atoms with van der Waals surface area (Å²) in [7, 11) is 0. The molecular weight excluding hydrogens is 278 g/mol. The lowest BCUT2D eigenvalue weighted by molar-refractivity contribution is 0.0523. The zero-order valence-corrected chi connectivity index (χ0v) is 12.1. The Bertz CT molecular complexity index is 599. The predicted octanol–water partition coefficient (Wildman–Crippen LogP) is 1.53. The highest BCUT2D eigenvalue weighted by Crippen LogP contribution is 2.28. The minimum atomic E-state index is -0.476. The minimum Gasteiger partial charge on any atom is -0.462 e. The molecule has 8 heteroatoms. The standard InChI is InChI=1S/C12H15N5O2S/c1-3-19-12(18)9-10(13)17(16-11(9)20-4-2)8-6-5-7-14-15-8/h5-7H,3-4,13H2,1-2H3. The number of anilines is 1. The Hall–Kier alpha value is -2.09. The number of hydrogen-bond acceptors (Lipinski definition) is 7. The van der Waals surface area contributed by atoms with E-state index >= 15 is 0 Å². The third kappa shape index (κ3) is 2.74. The summed E-state index contributed by atoms with van der Waals surface area (Å²) in [5, 5.41) is 12.6. The van der Waals surface area contributed by atoms with Crippen molar-refractivity contribution >= 4 is 23.5 Å². The average molecular weight is 293 g/mol. The van der Waals surface area contributed by atoms with Crippen molar-refractivity contribution in [3.63, 3.8) is 0 Å². The van der Waals surface area contributed by atoms with Gasteiger partial charge in [-0.3, -0.25) is 0 Å². The maximum atomic E-state index is 12.0. The van der Waals surface area contributed by atoms with Crippen LogP contribution in [0.1, 0.15) is 24.2 Å². The Balaban J connectivity index is 2.50. The Kier molecular flexibility index (Phi) is 4.57.